The molecule has 0 radical (unpaired) electrons. The Morgan fingerprint density at radius 3 is 2.21 bits per heavy atom. The SMILES string of the molecule is CNC(=O)C(CNC(=O)[C@@H](C(C)c1ccc2ccccc2c1)N(C)C(=O)C=CCC(C)(C)N)c1ccccc1. The number of hydrogen-bond donors (Lipinski definition) is 3. The van der Waals surface area contributed by atoms with Crippen molar-refractivity contribution in [3.05, 3.63) is 96.1 Å². The first-order valence-electron chi connectivity index (χ1n) is 13.3. The topological polar surface area (TPSA) is 105 Å². The van der Waals surface area contributed by atoms with Gasteiger partial charge in [-0.25, -0.2) is 0 Å². The van der Waals surface area contributed by atoms with Gasteiger partial charge in [0.25, 0.3) is 0 Å². The number of nitrogens with two attached hydrogens (primary N) is 1. The zero-order valence-corrected chi connectivity index (χ0v) is 23.5. The second-order valence-corrected chi connectivity index (χ2v) is 10.7. The Kier molecular flexibility index (Phi) is 10.0. The number of nitrogens with one attached hydrogen (secondary N) is 2. The second kappa shape index (κ2) is 13.2. The van der Waals surface area contributed by atoms with E-state index in [1.54, 1.807) is 20.2 Å². The standard InChI is InChI=1S/C32H40N4O3/c1-22(25-18-17-23-12-9-10-15-26(23)20-25)29(36(5)28(37)16-11-19-32(2,3)33)31(39)35-21-27(30(38)34-4)24-13-7-6-8-14-24/h6-18,20,22,27,29H,19,21,33H2,1-5H3,(H,34,38)(H,35,39)/t22?,27?,29-/m1/s1. The number of rotatable bonds is 11. The highest BCUT2D eigenvalue weighted by Crippen LogP contribution is 2.27. The molecule has 0 fully saturated rings. The Balaban J connectivity index is 1.89. The van der Waals surface area contributed by atoms with E-state index in [0.29, 0.717) is 6.42 Å². The third kappa shape index (κ3) is 8.01. The van der Waals surface area contributed by atoms with Crippen molar-refractivity contribution in [2.24, 2.45) is 5.73 Å². The Morgan fingerprint density at radius 2 is 1.56 bits per heavy atom. The van der Waals surface area contributed by atoms with Crippen LogP contribution in [0.3, 0.4) is 0 Å². The minimum Gasteiger partial charge on any atom is -0.359 e. The monoisotopic (exact) mass is 528 g/mol. The molecule has 4 N–H and O–H groups in total. The van der Waals surface area contributed by atoms with Crippen LogP contribution in [-0.2, 0) is 14.4 Å². The molecule has 0 aliphatic heterocycles. The summed E-state index contributed by atoms with van der Waals surface area (Å²) in [6.07, 6.45) is 3.74. The van der Waals surface area contributed by atoms with Gasteiger partial charge in [-0.2, -0.15) is 0 Å². The lowest BCUT2D eigenvalue weighted by molar-refractivity contribution is -0.136. The van der Waals surface area contributed by atoms with E-state index >= 15 is 0 Å². The summed E-state index contributed by atoms with van der Waals surface area (Å²) in [4.78, 5) is 41.1. The fourth-order valence-electron chi connectivity index (χ4n) is 4.66. The predicted molar refractivity (Wildman–Crippen MR) is 157 cm³/mol. The van der Waals surface area contributed by atoms with Crippen LogP contribution in [0.4, 0.5) is 0 Å². The molecule has 39 heavy (non-hydrogen) atoms. The summed E-state index contributed by atoms with van der Waals surface area (Å²) < 4.78 is 0. The highest BCUT2D eigenvalue weighted by atomic mass is 16.2. The van der Waals surface area contributed by atoms with Gasteiger partial charge in [-0.05, 0) is 48.2 Å². The number of carbonyl (C=O) groups is 3. The van der Waals surface area contributed by atoms with Crippen molar-refractivity contribution in [2.45, 2.75) is 50.6 Å². The highest BCUT2D eigenvalue weighted by Gasteiger charge is 2.33. The molecule has 0 saturated carbocycles. The van der Waals surface area contributed by atoms with Crippen LogP contribution in [0, 0.1) is 0 Å². The highest BCUT2D eigenvalue weighted by molar-refractivity contribution is 5.94. The van der Waals surface area contributed by atoms with Crippen molar-refractivity contribution in [1.29, 1.82) is 0 Å². The number of nitrogens with zero attached hydrogens (tertiary/aromatic N) is 1. The van der Waals surface area contributed by atoms with Gasteiger partial charge >= 0.3 is 0 Å². The minimum atomic E-state index is -0.810. The van der Waals surface area contributed by atoms with Crippen LogP contribution >= 0.6 is 0 Å². The van der Waals surface area contributed by atoms with Crippen LogP contribution < -0.4 is 16.4 Å². The molecule has 0 bridgehead atoms. The maximum atomic E-state index is 13.8. The predicted octanol–water partition coefficient (Wildman–Crippen LogP) is 4.10. The molecule has 7 nitrogen and oxygen atoms in total. The van der Waals surface area contributed by atoms with E-state index in [0.717, 1.165) is 21.9 Å². The van der Waals surface area contributed by atoms with E-state index in [-0.39, 0.29) is 30.2 Å². The number of hydrogen-bond acceptors (Lipinski definition) is 4. The van der Waals surface area contributed by atoms with E-state index in [4.69, 9.17) is 5.73 Å². The van der Waals surface area contributed by atoms with Gasteiger partial charge in [0.15, 0.2) is 0 Å². The fraction of sp³-hybridized carbons (Fsp3) is 0.344. The molecule has 3 rings (SSSR count). The van der Waals surface area contributed by atoms with Crippen LogP contribution in [0.1, 0.15) is 50.2 Å². The van der Waals surface area contributed by atoms with Crippen LogP contribution in [-0.4, -0.2) is 54.8 Å². The minimum absolute atomic E-state index is 0.0999. The average Bonchev–Trinajstić information content (AvgIpc) is 2.92. The smallest absolute Gasteiger partial charge is 0.246 e. The largest absolute Gasteiger partial charge is 0.359 e. The summed E-state index contributed by atoms with van der Waals surface area (Å²) in [5.74, 6) is -1.71. The number of benzene rings is 3. The summed E-state index contributed by atoms with van der Waals surface area (Å²) in [6.45, 7) is 5.82. The molecule has 0 heterocycles. The van der Waals surface area contributed by atoms with Crippen LogP contribution in [0.2, 0.25) is 0 Å². The second-order valence-electron chi connectivity index (χ2n) is 10.7. The summed E-state index contributed by atoms with van der Waals surface area (Å²) in [6, 6.07) is 22.6. The molecule has 0 spiro atoms. The van der Waals surface area contributed by atoms with Gasteiger partial charge in [-0.1, -0.05) is 85.8 Å². The maximum absolute atomic E-state index is 13.8. The molecule has 3 atom stereocenters. The van der Waals surface area contributed by atoms with Gasteiger partial charge in [-0.15, -0.1) is 0 Å². The fourth-order valence-corrected chi connectivity index (χ4v) is 4.66. The Morgan fingerprint density at radius 1 is 0.923 bits per heavy atom. The van der Waals surface area contributed by atoms with E-state index in [2.05, 4.69) is 16.7 Å². The molecule has 206 valence electrons. The molecule has 0 aliphatic carbocycles. The van der Waals surface area contributed by atoms with E-state index in [1.807, 2.05) is 87.5 Å². The molecular weight excluding hydrogens is 488 g/mol. The lowest BCUT2D eigenvalue weighted by Gasteiger charge is -2.32. The van der Waals surface area contributed by atoms with E-state index in [9.17, 15) is 14.4 Å². The first-order chi connectivity index (χ1) is 18.5. The lowest BCUT2D eigenvalue weighted by Crippen LogP contribution is -2.51. The molecule has 0 saturated heterocycles. The van der Waals surface area contributed by atoms with Crippen molar-refractivity contribution in [1.82, 2.24) is 15.5 Å². The Labute approximate surface area is 231 Å². The van der Waals surface area contributed by atoms with Crippen LogP contribution in [0.25, 0.3) is 10.8 Å². The zero-order chi connectivity index (χ0) is 28.6. The first kappa shape index (κ1) is 29.6. The molecule has 0 aromatic heterocycles. The molecule has 3 aromatic carbocycles. The molecular formula is C32H40N4O3. The molecule has 3 aromatic rings. The molecule has 0 aliphatic rings. The summed E-state index contributed by atoms with van der Waals surface area (Å²) in [7, 11) is 3.21. The van der Waals surface area contributed by atoms with Gasteiger partial charge in [0, 0.05) is 32.1 Å². The zero-order valence-electron chi connectivity index (χ0n) is 23.5. The van der Waals surface area contributed by atoms with Gasteiger partial charge in [0.2, 0.25) is 17.7 Å². The Bertz CT molecular complexity index is 1310. The number of carbonyl (C=O) groups excluding carboxylic acids is 3. The molecule has 7 heteroatoms. The third-order valence-corrected chi connectivity index (χ3v) is 6.96. The lowest BCUT2D eigenvalue weighted by atomic mass is 9.89. The van der Waals surface area contributed by atoms with Crippen molar-refractivity contribution < 1.29 is 14.4 Å². The van der Waals surface area contributed by atoms with Gasteiger partial charge < -0.3 is 21.3 Å². The number of amides is 3. The van der Waals surface area contributed by atoms with Crippen molar-refractivity contribution in [3.63, 3.8) is 0 Å². The van der Waals surface area contributed by atoms with E-state index in [1.165, 1.54) is 11.0 Å². The number of likely N-dealkylation sites (N-methyl/N-ethyl adjacent to an activating group) is 2. The van der Waals surface area contributed by atoms with Gasteiger partial charge in [0.1, 0.15) is 6.04 Å². The maximum Gasteiger partial charge on any atom is 0.246 e. The number of fused-ring (bicyclic) bond motifs is 1. The molecule has 2 unspecified atom stereocenters. The average molecular weight is 529 g/mol. The third-order valence-electron chi connectivity index (χ3n) is 6.96. The van der Waals surface area contributed by atoms with Crippen molar-refractivity contribution in [2.75, 3.05) is 20.6 Å². The quantitative estimate of drug-likeness (QED) is 0.326. The van der Waals surface area contributed by atoms with Gasteiger partial charge in [0.05, 0.1) is 5.92 Å². The Hall–Kier alpha value is -3.97. The van der Waals surface area contributed by atoms with Crippen LogP contribution in [0.15, 0.2) is 84.9 Å². The molecule has 3 amide bonds. The normalized spacial score (nSPS) is 14.0. The van der Waals surface area contributed by atoms with E-state index < -0.39 is 17.5 Å². The van der Waals surface area contributed by atoms with Crippen LogP contribution in [0.5, 0.6) is 0 Å². The summed E-state index contributed by atoms with van der Waals surface area (Å²) >= 11 is 0. The first-order valence-corrected chi connectivity index (χ1v) is 13.3. The van der Waals surface area contributed by atoms with Gasteiger partial charge in [-0.3, -0.25) is 14.4 Å². The van der Waals surface area contributed by atoms with Crippen molar-refractivity contribution in [3.8, 4) is 0 Å². The summed E-state index contributed by atoms with van der Waals surface area (Å²) in [5.41, 5.74) is 7.34. The summed E-state index contributed by atoms with van der Waals surface area (Å²) in [5, 5.41) is 7.81. The van der Waals surface area contributed by atoms with Crippen molar-refractivity contribution >= 4 is 28.5 Å².